The minimum atomic E-state index is -0.0949. The first-order valence-corrected chi connectivity index (χ1v) is 11.9. The molecule has 0 saturated heterocycles. The molecule has 1 N–H and O–H groups in total. The Hall–Kier alpha value is -3.84. The van der Waals surface area contributed by atoms with Crippen LogP contribution < -0.4 is 14.8 Å². The summed E-state index contributed by atoms with van der Waals surface area (Å²) in [7, 11) is 1.63. The van der Waals surface area contributed by atoms with Gasteiger partial charge in [-0.05, 0) is 55.0 Å². The highest BCUT2D eigenvalue weighted by Crippen LogP contribution is 2.40. The van der Waals surface area contributed by atoms with Gasteiger partial charge >= 0.3 is 0 Å². The maximum atomic E-state index is 12.6. The van der Waals surface area contributed by atoms with Gasteiger partial charge in [-0.2, -0.15) is 4.98 Å². The molecule has 1 aromatic heterocycles. The fourth-order valence-electron chi connectivity index (χ4n) is 3.76. The third-order valence-corrected chi connectivity index (χ3v) is 6.48. The first-order valence-electron chi connectivity index (χ1n) is 10.9. The summed E-state index contributed by atoms with van der Waals surface area (Å²) in [6.07, 6.45) is 0.651. The number of methoxy groups -OCH3 is 1. The zero-order valence-electron chi connectivity index (χ0n) is 18.9. The van der Waals surface area contributed by atoms with Crippen LogP contribution >= 0.6 is 11.8 Å². The molecule has 0 aliphatic carbocycles. The van der Waals surface area contributed by atoms with E-state index in [1.165, 1.54) is 11.8 Å². The van der Waals surface area contributed by atoms with Gasteiger partial charge in [0.05, 0.1) is 18.4 Å². The lowest BCUT2D eigenvalue weighted by molar-refractivity contribution is -0.113. The van der Waals surface area contributed by atoms with Crippen LogP contribution in [0.1, 0.15) is 16.7 Å². The van der Waals surface area contributed by atoms with E-state index in [4.69, 9.17) is 19.4 Å². The van der Waals surface area contributed by atoms with Gasteiger partial charge in [-0.3, -0.25) is 4.79 Å². The van der Waals surface area contributed by atoms with Gasteiger partial charge in [0.2, 0.25) is 11.8 Å². The molecule has 3 aromatic carbocycles. The van der Waals surface area contributed by atoms with E-state index in [2.05, 4.69) is 18.3 Å². The Balaban J connectivity index is 1.46. The van der Waals surface area contributed by atoms with E-state index in [1.807, 2.05) is 66.7 Å². The third kappa shape index (κ3) is 4.75. The Morgan fingerprint density at radius 2 is 1.85 bits per heavy atom. The van der Waals surface area contributed by atoms with Crippen LogP contribution in [0, 0.1) is 6.92 Å². The Bertz CT molecular complexity index is 1340. The van der Waals surface area contributed by atoms with Gasteiger partial charge in [-0.1, -0.05) is 47.7 Å². The summed E-state index contributed by atoms with van der Waals surface area (Å²) in [6.45, 7) is 2.06. The highest BCUT2D eigenvalue weighted by atomic mass is 32.2. The van der Waals surface area contributed by atoms with Crippen molar-refractivity contribution in [3.8, 4) is 28.8 Å². The summed E-state index contributed by atoms with van der Waals surface area (Å²) < 4.78 is 11.5. The molecule has 0 unspecified atom stereocenters. The predicted octanol–water partition coefficient (Wildman–Crippen LogP) is 5.89. The van der Waals surface area contributed by atoms with Crippen molar-refractivity contribution in [3.05, 3.63) is 89.5 Å². The molecule has 5 rings (SSSR count). The zero-order valence-corrected chi connectivity index (χ0v) is 19.7. The van der Waals surface area contributed by atoms with E-state index in [0.29, 0.717) is 18.1 Å². The summed E-state index contributed by atoms with van der Waals surface area (Å²) >= 11 is 1.39. The number of hydrogen-bond acceptors (Lipinski definition) is 6. The van der Waals surface area contributed by atoms with Crippen molar-refractivity contribution in [2.24, 2.45) is 0 Å². The number of aryl methyl sites for hydroxylation is 1. The Labute approximate surface area is 202 Å². The van der Waals surface area contributed by atoms with Gasteiger partial charge < -0.3 is 14.8 Å². The highest BCUT2D eigenvalue weighted by Gasteiger charge is 2.25. The third-order valence-electron chi connectivity index (χ3n) is 5.47. The first-order chi connectivity index (χ1) is 16.6. The molecule has 34 heavy (non-hydrogen) atoms. The molecule has 1 aliphatic heterocycles. The monoisotopic (exact) mass is 469 g/mol. The number of hydrogen-bond donors (Lipinski definition) is 1. The van der Waals surface area contributed by atoms with Crippen molar-refractivity contribution < 1.29 is 14.3 Å². The SMILES string of the molecule is COc1ccc(-c2nc3c(c(SCC(=O)Nc4ccccc4)n2)Cc2cc(C)ccc2O3)cc1. The van der Waals surface area contributed by atoms with E-state index in [0.717, 1.165) is 44.5 Å². The quantitative estimate of drug-likeness (QED) is 0.247. The minimum Gasteiger partial charge on any atom is -0.497 e. The molecular weight excluding hydrogens is 446 g/mol. The number of anilines is 1. The van der Waals surface area contributed by atoms with E-state index < -0.39 is 0 Å². The molecular formula is C27H23N3O3S. The molecule has 7 heteroatoms. The van der Waals surface area contributed by atoms with Crippen molar-refractivity contribution in [1.82, 2.24) is 9.97 Å². The smallest absolute Gasteiger partial charge is 0.234 e. The number of nitrogens with zero attached hydrogens (tertiary/aromatic N) is 2. The zero-order chi connectivity index (χ0) is 23.5. The standard InChI is InChI=1S/C27H23N3O3S/c1-17-8-13-23-19(14-17)15-22-26(33-23)29-25(18-9-11-21(32-2)12-10-18)30-27(22)34-16-24(31)28-20-6-4-3-5-7-20/h3-14H,15-16H2,1-2H3,(H,28,31). The van der Waals surface area contributed by atoms with Gasteiger partial charge in [0.1, 0.15) is 16.5 Å². The van der Waals surface area contributed by atoms with Crippen LogP contribution in [0.15, 0.2) is 77.8 Å². The average molecular weight is 470 g/mol. The number of aromatic nitrogens is 2. The second-order valence-electron chi connectivity index (χ2n) is 7.96. The predicted molar refractivity (Wildman–Crippen MR) is 134 cm³/mol. The second-order valence-corrected chi connectivity index (χ2v) is 8.92. The number of carbonyl (C=O) groups excluding carboxylic acids is 1. The van der Waals surface area contributed by atoms with Crippen molar-refractivity contribution >= 4 is 23.4 Å². The number of fused-ring (bicyclic) bond motifs is 2. The van der Waals surface area contributed by atoms with Crippen molar-refractivity contribution in [2.75, 3.05) is 18.2 Å². The van der Waals surface area contributed by atoms with E-state index >= 15 is 0 Å². The fraction of sp³-hybridized carbons (Fsp3) is 0.148. The molecule has 1 aliphatic rings. The van der Waals surface area contributed by atoms with Gasteiger partial charge in [-0.15, -0.1) is 0 Å². The molecule has 0 radical (unpaired) electrons. The molecule has 0 fully saturated rings. The lowest BCUT2D eigenvalue weighted by atomic mass is 10.0. The molecule has 0 bridgehead atoms. The fourth-order valence-corrected chi connectivity index (χ4v) is 4.59. The molecule has 0 atom stereocenters. The van der Waals surface area contributed by atoms with Crippen LogP contribution in [0.3, 0.4) is 0 Å². The molecule has 1 amide bonds. The summed E-state index contributed by atoms with van der Waals surface area (Å²) in [5, 5.41) is 3.67. The average Bonchev–Trinajstić information content (AvgIpc) is 2.86. The number of nitrogens with one attached hydrogen (secondary N) is 1. The lowest BCUT2D eigenvalue weighted by Crippen LogP contribution is -2.15. The lowest BCUT2D eigenvalue weighted by Gasteiger charge is -2.22. The molecule has 6 nitrogen and oxygen atoms in total. The highest BCUT2D eigenvalue weighted by molar-refractivity contribution is 8.00. The number of thioether (sulfide) groups is 1. The Morgan fingerprint density at radius 3 is 2.62 bits per heavy atom. The molecule has 170 valence electrons. The van der Waals surface area contributed by atoms with Gasteiger partial charge in [0, 0.05) is 17.7 Å². The van der Waals surface area contributed by atoms with E-state index in [1.54, 1.807) is 7.11 Å². The maximum Gasteiger partial charge on any atom is 0.234 e. The molecule has 4 aromatic rings. The summed E-state index contributed by atoms with van der Waals surface area (Å²) in [5.74, 6) is 2.76. The van der Waals surface area contributed by atoms with Gasteiger partial charge in [0.25, 0.3) is 0 Å². The number of carbonyl (C=O) groups is 1. The summed E-state index contributed by atoms with van der Waals surface area (Å²) in [5.41, 5.74) is 4.76. The molecule has 0 spiro atoms. The minimum absolute atomic E-state index is 0.0949. The topological polar surface area (TPSA) is 73.3 Å². The van der Waals surface area contributed by atoms with E-state index in [9.17, 15) is 4.79 Å². The summed E-state index contributed by atoms with van der Waals surface area (Å²) in [4.78, 5) is 22.2. The Morgan fingerprint density at radius 1 is 1.06 bits per heavy atom. The summed E-state index contributed by atoms with van der Waals surface area (Å²) in [6, 6.07) is 23.1. The molecule has 2 heterocycles. The van der Waals surface area contributed by atoms with Crippen LogP contribution in [0.5, 0.6) is 17.4 Å². The Kier molecular flexibility index (Phi) is 6.18. The first kappa shape index (κ1) is 22.0. The van der Waals surface area contributed by atoms with Crippen LogP contribution in [0.25, 0.3) is 11.4 Å². The van der Waals surface area contributed by atoms with Crippen LogP contribution in [0.2, 0.25) is 0 Å². The van der Waals surface area contributed by atoms with Crippen molar-refractivity contribution in [1.29, 1.82) is 0 Å². The largest absolute Gasteiger partial charge is 0.497 e. The van der Waals surface area contributed by atoms with Crippen LogP contribution in [0.4, 0.5) is 5.69 Å². The number of rotatable bonds is 6. The number of ether oxygens (including phenoxy) is 2. The maximum absolute atomic E-state index is 12.6. The number of amides is 1. The van der Waals surface area contributed by atoms with E-state index in [-0.39, 0.29) is 11.7 Å². The number of para-hydroxylation sites is 1. The normalized spacial score (nSPS) is 11.7. The van der Waals surface area contributed by atoms with Crippen molar-refractivity contribution in [3.63, 3.8) is 0 Å². The van der Waals surface area contributed by atoms with Crippen molar-refractivity contribution in [2.45, 2.75) is 18.4 Å². The number of benzene rings is 3. The molecule has 0 saturated carbocycles. The van der Waals surface area contributed by atoms with Crippen LogP contribution in [-0.4, -0.2) is 28.7 Å². The van der Waals surface area contributed by atoms with Gasteiger partial charge in [-0.25, -0.2) is 4.98 Å². The van der Waals surface area contributed by atoms with Gasteiger partial charge in [0.15, 0.2) is 5.82 Å². The second kappa shape index (κ2) is 9.57. The van der Waals surface area contributed by atoms with Crippen LogP contribution in [-0.2, 0) is 11.2 Å².